The molecule has 0 aromatic carbocycles. The molecule has 0 saturated heterocycles. The van der Waals surface area contributed by atoms with Crippen LogP contribution in [0.3, 0.4) is 0 Å². The number of hydrogen-bond donors (Lipinski definition) is 1. The van der Waals surface area contributed by atoms with Crippen LogP contribution in [0, 0.1) is 10.2 Å². The summed E-state index contributed by atoms with van der Waals surface area (Å²) in [5, 5.41) is 0. The van der Waals surface area contributed by atoms with E-state index >= 15 is 0 Å². The van der Waals surface area contributed by atoms with Gasteiger partial charge < -0.3 is 32.9 Å². The maximum atomic E-state index is 8.60. The maximum absolute atomic E-state index is 8.60. The quantitative estimate of drug-likeness (QED) is 0.443. The summed E-state index contributed by atoms with van der Waals surface area (Å²) in [5.74, 6) is 0. The minimum atomic E-state index is -4.69. The van der Waals surface area contributed by atoms with Crippen LogP contribution in [-0.4, -0.2) is 37.5 Å². The van der Waals surface area contributed by atoms with Crippen LogP contribution in [0.25, 0.3) is 0 Å². The zero-order valence-electron chi connectivity index (χ0n) is 5.46. The Hall–Kier alpha value is 0.422. The molecule has 0 amide bonds. The van der Waals surface area contributed by atoms with Crippen molar-refractivity contribution in [1.29, 1.82) is 0 Å². The second kappa shape index (κ2) is 30.1. The Kier molecular flexibility index (Phi) is 208. The van der Waals surface area contributed by atoms with Gasteiger partial charge in [-0.25, -0.2) is 0 Å². The van der Waals surface area contributed by atoms with Crippen LogP contribution < -0.4 is 14.0 Å². The molecule has 0 fully saturated rings. The molecule has 0 radical (unpaired) electrons. The fourth-order valence-corrected chi connectivity index (χ4v) is 0. The standard InChI is InChI=1S/ClHO4.Cr.6H2O/c2-1(3,4)5;;;;;;;/h(H,2,3,4,5);;6*1H2. The first kappa shape index (κ1) is 82.9. The van der Waals surface area contributed by atoms with E-state index in [1.165, 1.54) is 0 Å². The molecule has 13 N–H and O–H groups in total. The molecule has 0 aromatic rings. The minimum Gasteiger partial charge on any atom is -0.412 e. The monoisotopic (exact) mass is 260 g/mol. The molecule has 0 saturated carbocycles. The van der Waals surface area contributed by atoms with Crippen molar-refractivity contribution in [2.24, 2.45) is 0 Å². The van der Waals surface area contributed by atoms with E-state index in [0.717, 1.165) is 0 Å². The second-order valence-electron chi connectivity index (χ2n) is 0.396. The fourth-order valence-electron chi connectivity index (χ4n) is 0. The zero-order chi connectivity index (χ0) is 4.50. The van der Waals surface area contributed by atoms with Gasteiger partial charge >= 0.3 is 0 Å². The molecule has 0 bridgehead atoms. The van der Waals surface area contributed by atoms with Crippen molar-refractivity contribution in [3.8, 4) is 0 Å². The Morgan fingerprint density at radius 2 is 0.667 bits per heavy atom. The van der Waals surface area contributed by atoms with Crippen molar-refractivity contribution in [2.75, 3.05) is 0 Å². The Labute approximate surface area is 79.8 Å². The van der Waals surface area contributed by atoms with E-state index in [0.29, 0.717) is 0 Å². The van der Waals surface area contributed by atoms with E-state index in [2.05, 4.69) is 0 Å². The SMILES string of the molecule is O.O.O.O.O.O.[Cr].[O-][Cl+3]([O-])([O-])O. The van der Waals surface area contributed by atoms with Crippen LogP contribution in [0.5, 0.6) is 0 Å². The molecule has 0 aromatic heterocycles. The van der Waals surface area contributed by atoms with Gasteiger partial charge in [0.2, 0.25) is 0 Å². The Morgan fingerprint density at radius 1 is 0.667 bits per heavy atom. The summed E-state index contributed by atoms with van der Waals surface area (Å²) in [6.07, 6.45) is 0. The third-order valence-corrected chi connectivity index (χ3v) is 0. The van der Waals surface area contributed by atoms with Gasteiger partial charge in [-0.3, -0.25) is 0 Å². The van der Waals surface area contributed by atoms with Crippen LogP contribution >= 0.6 is 0 Å². The number of rotatable bonds is 0. The summed E-state index contributed by atoms with van der Waals surface area (Å²) < 4.78 is 32.7. The molecule has 0 aliphatic heterocycles. The molecule has 12 heavy (non-hydrogen) atoms. The Bertz CT molecular complexity index is 25.3. The first-order chi connectivity index (χ1) is 2.00. The van der Waals surface area contributed by atoms with E-state index in [1.807, 2.05) is 0 Å². The molecule has 0 atom stereocenters. The maximum Gasteiger partial charge on any atom is 0.0777 e. The topological polar surface area (TPSA) is 278 Å². The molecule has 0 aliphatic carbocycles. The molecule has 0 rings (SSSR count). The van der Waals surface area contributed by atoms with Crippen molar-refractivity contribution in [3.05, 3.63) is 0 Å². The van der Waals surface area contributed by atoms with Gasteiger partial charge in [-0.15, -0.1) is 0 Å². The average molecular weight is 261 g/mol. The number of hydrogen-bond acceptors (Lipinski definition) is 4. The molecule has 12 heteroatoms. The normalized spacial score (nSPS) is 5.00. The van der Waals surface area contributed by atoms with Gasteiger partial charge in [0.25, 0.3) is 0 Å². The third-order valence-electron chi connectivity index (χ3n) is 0. The van der Waals surface area contributed by atoms with Crippen molar-refractivity contribution >= 4 is 0 Å². The average Bonchev–Trinajstić information content (AvgIpc) is 0.722. The van der Waals surface area contributed by atoms with Crippen molar-refractivity contribution in [3.63, 3.8) is 0 Å². The van der Waals surface area contributed by atoms with Crippen LogP contribution in [0.4, 0.5) is 0 Å². The van der Waals surface area contributed by atoms with Crippen LogP contribution in [-0.2, 0) is 17.4 Å². The van der Waals surface area contributed by atoms with E-state index in [1.54, 1.807) is 0 Å². The smallest absolute Gasteiger partial charge is 0.0777 e. The zero-order valence-corrected chi connectivity index (χ0v) is 7.49. The summed E-state index contributed by atoms with van der Waals surface area (Å²) in [4.78, 5) is 0. The van der Waals surface area contributed by atoms with Gasteiger partial charge in [0.15, 0.2) is 0 Å². The van der Waals surface area contributed by atoms with Crippen molar-refractivity contribution in [1.82, 2.24) is 0 Å². The molecular weight excluding hydrogens is 247 g/mol. The van der Waals surface area contributed by atoms with E-state index < -0.39 is 10.2 Å². The van der Waals surface area contributed by atoms with E-state index in [4.69, 9.17) is 18.6 Å². The van der Waals surface area contributed by atoms with E-state index in [9.17, 15) is 0 Å². The van der Waals surface area contributed by atoms with Gasteiger partial charge in [-0.05, 0) is 0 Å². The van der Waals surface area contributed by atoms with E-state index in [-0.39, 0.29) is 50.2 Å². The largest absolute Gasteiger partial charge is 0.412 e. The second-order valence-corrected chi connectivity index (χ2v) is 1.19. The van der Waals surface area contributed by atoms with Gasteiger partial charge in [0.05, 0.1) is 14.9 Å². The summed E-state index contributed by atoms with van der Waals surface area (Å²) in [7, 11) is -4.69. The minimum absolute atomic E-state index is 0. The predicted octanol–water partition coefficient (Wildman–Crippen LogP) is -9.07. The van der Waals surface area contributed by atoms with Crippen molar-refractivity contribution in [2.45, 2.75) is 0 Å². The molecule has 0 spiro atoms. The van der Waals surface area contributed by atoms with Crippen molar-refractivity contribution < 1.29 is 79.1 Å². The van der Waals surface area contributed by atoms with Gasteiger partial charge in [0, 0.05) is 17.4 Å². The van der Waals surface area contributed by atoms with Gasteiger partial charge in [0.1, 0.15) is 0 Å². The summed E-state index contributed by atoms with van der Waals surface area (Å²) in [5.41, 5.74) is 0. The van der Waals surface area contributed by atoms with Gasteiger partial charge in [-0.1, -0.05) is 0 Å². The fraction of sp³-hybridized carbons (Fsp3) is 0. The molecule has 86 valence electrons. The Balaban J connectivity index is -0.00000000381. The van der Waals surface area contributed by atoms with Crippen LogP contribution in [0.2, 0.25) is 0 Å². The number of halogens is 1. The van der Waals surface area contributed by atoms with Gasteiger partial charge in [-0.2, -0.15) is 14.0 Å². The summed E-state index contributed by atoms with van der Waals surface area (Å²) >= 11 is 0. The summed E-state index contributed by atoms with van der Waals surface area (Å²) in [6, 6.07) is 0. The Morgan fingerprint density at radius 3 is 0.667 bits per heavy atom. The van der Waals surface area contributed by atoms with Crippen LogP contribution in [0.1, 0.15) is 0 Å². The summed E-state index contributed by atoms with van der Waals surface area (Å²) in [6.45, 7) is 0. The first-order valence-electron chi connectivity index (χ1n) is 0.632. The molecular formula is H13ClCrO10. The predicted molar refractivity (Wildman–Crippen MR) is 23.9 cm³/mol. The molecule has 0 unspecified atom stereocenters. The molecule has 0 aliphatic rings. The molecule has 10 nitrogen and oxygen atoms in total. The van der Waals surface area contributed by atoms with Crippen LogP contribution in [0.15, 0.2) is 0 Å². The molecule has 0 heterocycles. The first-order valence-corrected chi connectivity index (χ1v) is 1.90. The third kappa shape index (κ3) is 5180.